The standard InChI is InChI=1S/C19H25N5/c1-6-24-18-17(14(5)23-24)20-11-21-19(18)22-13(4)16-9-7-15(8-10-16)12(2)3/h7-13H,6H2,1-5H3,(H,20,21,22). The van der Waals surface area contributed by atoms with Crippen LogP contribution in [0.1, 0.15) is 56.5 Å². The van der Waals surface area contributed by atoms with Crippen molar-refractivity contribution in [2.24, 2.45) is 0 Å². The molecule has 0 radical (unpaired) electrons. The molecule has 0 aliphatic rings. The van der Waals surface area contributed by atoms with Gasteiger partial charge in [0.25, 0.3) is 0 Å². The minimum absolute atomic E-state index is 0.157. The molecule has 0 amide bonds. The second-order valence-corrected chi connectivity index (χ2v) is 6.51. The van der Waals surface area contributed by atoms with Crippen LogP contribution < -0.4 is 5.32 Å². The Labute approximate surface area is 143 Å². The van der Waals surface area contributed by atoms with Crippen molar-refractivity contribution in [1.29, 1.82) is 0 Å². The largest absolute Gasteiger partial charge is 0.362 e. The molecule has 5 heteroatoms. The van der Waals surface area contributed by atoms with Crippen LogP contribution in [0.2, 0.25) is 0 Å². The molecule has 2 aromatic heterocycles. The van der Waals surface area contributed by atoms with Gasteiger partial charge >= 0.3 is 0 Å². The van der Waals surface area contributed by atoms with Crippen molar-refractivity contribution in [3.8, 4) is 0 Å². The molecule has 0 aliphatic carbocycles. The number of rotatable bonds is 5. The van der Waals surface area contributed by atoms with Crippen molar-refractivity contribution in [2.75, 3.05) is 5.32 Å². The number of nitrogens with one attached hydrogen (secondary N) is 1. The van der Waals surface area contributed by atoms with Crippen LogP contribution in [0, 0.1) is 6.92 Å². The predicted molar refractivity (Wildman–Crippen MR) is 98.3 cm³/mol. The molecular weight excluding hydrogens is 298 g/mol. The summed E-state index contributed by atoms with van der Waals surface area (Å²) in [5.74, 6) is 1.38. The van der Waals surface area contributed by atoms with E-state index in [1.165, 1.54) is 11.1 Å². The van der Waals surface area contributed by atoms with Crippen molar-refractivity contribution >= 4 is 16.9 Å². The van der Waals surface area contributed by atoms with Gasteiger partial charge in [0.2, 0.25) is 0 Å². The predicted octanol–water partition coefficient (Wildman–Crippen LogP) is 4.45. The first-order valence-electron chi connectivity index (χ1n) is 8.55. The molecule has 1 aromatic carbocycles. The average Bonchev–Trinajstić information content (AvgIpc) is 2.92. The first kappa shape index (κ1) is 16.4. The van der Waals surface area contributed by atoms with Gasteiger partial charge in [0.15, 0.2) is 5.82 Å². The van der Waals surface area contributed by atoms with E-state index in [2.05, 4.69) is 72.3 Å². The third-order valence-corrected chi connectivity index (χ3v) is 4.45. The monoisotopic (exact) mass is 323 g/mol. The summed E-state index contributed by atoms with van der Waals surface area (Å²) >= 11 is 0. The highest BCUT2D eigenvalue weighted by molar-refractivity contribution is 5.87. The maximum Gasteiger partial charge on any atom is 0.156 e. The summed E-state index contributed by atoms with van der Waals surface area (Å²) in [7, 11) is 0. The molecule has 0 fully saturated rings. The van der Waals surface area contributed by atoms with Gasteiger partial charge in [0, 0.05) is 6.54 Å². The van der Waals surface area contributed by atoms with Gasteiger partial charge in [0.05, 0.1) is 11.7 Å². The molecule has 2 heterocycles. The van der Waals surface area contributed by atoms with Crippen LogP contribution in [-0.4, -0.2) is 19.7 Å². The number of benzene rings is 1. The van der Waals surface area contributed by atoms with Gasteiger partial charge in [-0.1, -0.05) is 38.1 Å². The first-order chi connectivity index (χ1) is 11.5. The Hall–Kier alpha value is -2.43. The fourth-order valence-corrected chi connectivity index (χ4v) is 2.96. The van der Waals surface area contributed by atoms with Crippen LogP contribution in [0.5, 0.6) is 0 Å². The van der Waals surface area contributed by atoms with Crippen LogP contribution in [0.15, 0.2) is 30.6 Å². The third-order valence-electron chi connectivity index (χ3n) is 4.45. The van der Waals surface area contributed by atoms with Gasteiger partial charge in [0.1, 0.15) is 17.4 Å². The van der Waals surface area contributed by atoms with Gasteiger partial charge in [-0.25, -0.2) is 9.97 Å². The molecule has 1 N–H and O–H groups in total. The topological polar surface area (TPSA) is 55.6 Å². The summed E-state index contributed by atoms with van der Waals surface area (Å²) in [6, 6.07) is 8.94. The van der Waals surface area contributed by atoms with Crippen molar-refractivity contribution in [3.05, 3.63) is 47.4 Å². The van der Waals surface area contributed by atoms with E-state index >= 15 is 0 Å². The molecule has 0 saturated heterocycles. The minimum atomic E-state index is 0.157. The van der Waals surface area contributed by atoms with E-state index in [0.717, 1.165) is 29.1 Å². The van der Waals surface area contributed by atoms with Crippen molar-refractivity contribution < 1.29 is 0 Å². The van der Waals surface area contributed by atoms with Crippen molar-refractivity contribution in [3.63, 3.8) is 0 Å². The van der Waals surface area contributed by atoms with E-state index in [4.69, 9.17) is 0 Å². The normalized spacial score (nSPS) is 12.8. The Morgan fingerprint density at radius 1 is 1.04 bits per heavy atom. The average molecular weight is 323 g/mol. The number of fused-ring (bicyclic) bond motifs is 1. The summed E-state index contributed by atoms with van der Waals surface area (Å²) in [6.07, 6.45) is 1.61. The molecule has 0 bridgehead atoms. The van der Waals surface area contributed by atoms with Crippen LogP contribution >= 0.6 is 0 Å². The molecule has 0 saturated carbocycles. The summed E-state index contributed by atoms with van der Waals surface area (Å²) in [5, 5.41) is 8.08. The maximum atomic E-state index is 4.55. The number of nitrogens with zero attached hydrogens (tertiary/aromatic N) is 4. The van der Waals surface area contributed by atoms with Crippen molar-refractivity contribution in [1.82, 2.24) is 19.7 Å². The Balaban J connectivity index is 1.91. The smallest absolute Gasteiger partial charge is 0.156 e. The van der Waals surface area contributed by atoms with E-state index in [1.807, 2.05) is 11.6 Å². The summed E-state index contributed by atoms with van der Waals surface area (Å²) in [4.78, 5) is 8.84. The van der Waals surface area contributed by atoms with Gasteiger partial charge in [-0.3, -0.25) is 4.68 Å². The van der Waals surface area contributed by atoms with Crippen LogP contribution in [0.3, 0.4) is 0 Å². The van der Waals surface area contributed by atoms with Crippen LogP contribution in [0.25, 0.3) is 11.0 Å². The highest BCUT2D eigenvalue weighted by Crippen LogP contribution is 2.26. The van der Waals surface area contributed by atoms with Gasteiger partial charge in [-0.15, -0.1) is 0 Å². The van der Waals surface area contributed by atoms with E-state index in [1.54, 1.807) is 6.33 Å². The lowest BCUT2D eigenvalue weighted by Gasteiger charge is -2.17. The molecule has 3 rings (SSSR count). The SMILES string of the molecule is CCn1nc(C)c2ncnc(NC(C)c3ccc(C(C)C)cc3)c21. The van der Waals surface area contributed by atoms with E-state index < -0.39 is 0 Å². The Morgan fingerprint density at radius 3 is 2.33 bits per heavy atom. The molecule has 0 aliphatic heterocycles. The maximum absolute atomic E-state index is 4.55. The zero-order valence-electron chi connectivity index (χ0n) is 15.0. The second kappa shape index (κ2) is 6.59. The summed E-state index contributed by atoms with van der Waals surface area (Å²) in [6.45, 7) is 11.4. The van der Waals surface area contributed by atoms with E-state index in [-0.39, 0.29) is 6.04 Å². The Bertz CT molecular complexity index is 833. The third kappa shape index (κ3) is 2.98. The van der Waals surface area contributed by atoms with Gasteiger partial charge in [-0.2, -0.15) is 5.10 Å². The number of anilines is 1. The van der Waals surface area contributed by atoms with E-state index in [9.17, 15) is 0 Å². The van der Waals surface area contributed by atoms with Crippen LogP contribution in [0.4, 0.5) is 5.82 Å². The number of hydrogen-bond acceptors (Lipinski definition) is 4. The molecule has 1 atom stereocenters. The molecule has 0 spiro atoms. The molecule has 1 unspecified atom stereocenters. The molecule has 126 valence electrons. The Morgan fingerprint density at radius 2 is 1.71 bits per heavy atom. The second-order valence-electron chi connectivity index (χ2n) is 6.51. The number of aryl methyl sites for hydroxylation is 2. The highest BCUT2D eigenvalue weighted by Gasteiger charge is 2.15. The lowest BCUT2D eigenvalue weighted by atomic mass is 9.99. The zero-order valence-corrected chi connectivity index (χ0v) is 15.0. The van der Waals surface area contributed by atoms with Crippen molar-refractivity contribution in [2.45, 2.75) is 53.1 Å². The minimum Gasteiger partial charge on any atom is -0.362 e. The number of hydrogen-bond donors (Lipinski definition) is 1. The van der Waals surface area contributed by atoms with E-state index in [0.29, 0.717) is 5.92 Å². The zero-order chi connectivity index (χ0) is 17.3. The fourth-order valence-electron chi connectivity index (χ4n) is 2.96. The molecule has 3 aromatic rings. The van der Waals surface area contributed by atoms with Gasteiger partial charge in [-0.05, 0) is 37.8 Å². The highest BCUT2D eigenvalue weighted by atomic mass is 15.3. The fraction of sp³-hybridized carbons (Fsp3) is 0.421. The lowest BCUT2D eigenvalue weighted by Crippen LogP contribution is -2.10. The Kier molecular flexibility index (Phi) is 4.51. The molecular formula is C19H25N5. The lowest BCUT2D eigenvalue weighted by molar-refractivity contribution is 0.675. The van der Waals surface area contributed by atoms with Gasteiger partial charge < -0.3 is 5.32 Å². The molecule has 24 heavy (non-hydrogen) atoms. The quantitative estimate of drug-likeness (QED) is 0.753. The summed E-state index contributed by atoms with van der Waals surface area (Å²) < 4.78 is 1.96. The summed E-state index contributed by atoms with van der Waals surface area (Å²) in [5.41, 5.74) is 5.42. The van der Waals surface area contributed by atoms with Crippen LogP contribution in [-0.2, 0) is 6.54 Å². The molecule has 5 nitrogen and oxygen atoms in total. The number of aromatic nitrogens is 4. The first-order valence-corrected chi connectivity index (χ1v) is 8.55.